The van der Waals surface area contributed by atoms with Crippen LogP contribution in [0.1, 0.15) is 42.5 Å². The fourth-order valence-electron chi connectivity index (χ4n) is 0. The molecule has 0 N–H and O–H groups in total. The van der Waals surface area contributed by atoms with Crippen molar-refractivity contribution in [1.29, 1.82) is 0 Å². The topological polar surface area (TPSA) is 34.1 Å². The van der Waals surface area contributed by atoms with E-state index in [4.69, 9.17) is 0 Å². The Morgan fingerprint density at radius 1 is 1.15 bits per heavy atom. The minimum atomic E-state index is 0. The maximum Gasteiger partial charge on any atom is 0.152 e. The van der Waals surface area contributed by atoms with Crippen LogP contribution in [0.15, 0.2) is 12.7 Å². The van der Waals surface area contributed by atoms with Crippen LogP contribution in [0.4, 0.5) is 0 Å². The van der Waals surface area contributed by atoms with Crippen molar-refractivity contribution in [3.8, 4) is 0 Å². The first-order valence-corrected chi connectivity index (χ1v) is 3.55. The van der Waals surface area contributed by atoms with Gasteiger partial charge < -0.3 is 0 Å². The van der Waals surface area contributed by atoms with Crippen molar-refractivity contribution >= 4 is 11.6 Å². The van der Waals surface area contributed by atoms with Gasteiger partial charge in [-0.2, -0.15) is 0 Å². The Hall–Kier alpha value is -0.920. The fourth-order valence-corrected chi connectivity index (χ4v) is 0. The lowest BCUT2D eigenvalue weighted by Gasteiger charge is -1.90. The zero-order valence-electron chi connectivity index (χ0n) is 7.68. The molecule has 0 atom stereocenters. The number of carbonyl (C=O) groups excluding carboxylic acids is 2. The molecule has 0 heterocycles. The van der Waals surface area contributed by atoms with Gasteiger partial charge in [-0.05, 0) is 19.9 Å². The molecule has 0 saturated heterocycles. The number of Topliss-reactive ketones (excluding diaryl/α,β-unsaturated/α-hetero) is 1. The number of hydrogen-bond acceptors (Lipinski definition) is 2. The van der Waals surface area contributed by atoms with Crippen LogP contribution < -0.4 is 0 Å². The normalized spacial score (nSPS) is 6.85. The summed E-state index contributed by atoms with van der Waals surface area (Å²) in [4.78, 5) is 19.8. The molecule has 0 aliphatic carbocycles. The van der Waals surface area contributed by atoms with E-state index in [2.05, 4.69) is 6.58 Å². The summed E-state index contributed by atoms with van der Waals surface area (Å²) in [6, 6.07) is 0. The van der Waals surface area contributed by atoms with Gasteiger partial charge in [0.25, 0.3) is 0 Å². The Morgan fingerprint density at radius 3 is 1.31 bits per heavy atom. The second kappa shape index (κ2) is 13.7. The van der Waals surface area contributed by atoms with Crippen molar-refractivity contribution in [2.75, 3.05) is 0 Å². The number of rotatable bonds is 2. The lowest BCUT2D eigenvalue weighted by atomic mass is 10.1. The second-order valence-electron chi connectivity index (χ2n) is 2.58. The average Bonchev–Trinajstić information content (AvgIpc) is 1.89. The van der Waals surface area contributed by atoms with Crippen LogP contribution in [0, 0.1) is 5.92 Å². The van der Waals surface area contributed by atoms with E-state index < -0.39 is 0 Å². The molecule has 0 rings (SSSR count). The minimum Gasteiger partial charge on any atom is -0.300 e. The molecule has 0 aromatic carbocycles. The smallest absolute Gasteiger partial charge is 0.152 e. The summed E-state index contributed by atoms with van der Waals surface area (Å²) in [5.74, 6) is 0.491. The van der Waals surface area contributed by atoms with Crippen LogP contribution >= 0.6 is 0 Å². The minimum absolute atomic E-state index is 0. The van der Waals surface area contributed by atoms with Crippen LogP contribution in [0.2, 0.25) is 0 Å². The third-order valence-electron chi connectivity index (χ3n) is 1.10. The van der Waals surface area contributed by atoms with Crippen molar-refractivity contribution in [2.24, 2.45) is 5.92 Å². The number of carbonyl (C=O) groups is 2. The summed E-state index contributed by atoms with van der Waals surface area (Å²) in [5.41, 5.74) is 0. The maximum absolute atomic E-state index is 10.1. The lowest BCUT2D eigenvalue weighted by molar-refractivity contribution is -0.119. The summed E-state index contributed by atoms with van der Waals surface area (Å²) in [6.07, 6.45) is 1.28. The van der Waals surface area contributed by atoms with E-state index in [1.807, 2.05) is 13.8 Å². The van der Waals surface area contributed by atoms with Gasteiger partial charge in [-0.25, -0.2) is 0 Å². The lowest BCUT2D eigenvalue weighted by Crippen LogP contribution is -1.98. The predicted octanol–water partition coefficient (Wildman–Crippen LogP) is 3.27. The van der Waals surface area contributed by atoms with Crippen molar-refractivity contribution in [1.82, 2.24) is 0 Å². The van der Waals surface area contributed by atoms with Crippen LogP contribution in [-0.4, -0.2) is 11.6 Å². The van der Waals surface area contributed by atoms with Crippen LogP contribution in [-0.2, 0) is 9.59 Å². The molecule has 0 saturated carbocycles. The summed E-state index contributed by atoms with van der Waals surface area (Å²) in [7, 11) is 0. The Morgan fingerprint density at radius 2 is 1.31 bits per heavy atom. The Bertz CT molecular complexity index is 146. The van der Waals surface area contributed by atoms with E-state index >= 15 is 0 Å². The predicted molar refractivity (Wildman–Crippen MR) is 59.9 cm³/mol. The Kier molecular flexibility index (Phi) is 23.9. The van der Waals surface area contributed by atoms with Crippen molar-refractivity contribution < 1.29 is 9.59 Å². The second-order valence-corrected chi connectivity index (χ2v) is 2.58. The van der Waals surface area contributed by atoms with Gasteiger partial charge in [0.15, 0.2) is 5.78 Å². The highest BCUT2D eigenvalue weighted by Crippen LogP contribution is 1.89. The van der Waals surface area contributed by atoms with Gasteiger partial charge in [-0.15, -0.1) is 0 Å². The van der Waals surface area contributed by atoms with Gasteiger partial charge in [0.05, 0.1) is 0 Å². The van der Waals surface area contributed by atoms with Gasteiger partial charge in [-0.1, -0.05) is 35.3 Å². The molecule has 0 fully saturated rings. The van der Waals surface area contributed by atoms with Gasteiger partial charge in [0.2, 0.25) is 0 Å². The summed E-state index contributed by atoms with van der Waals surface area (Å²) >= 11 is 0. The molecule has 2 heteroatoms. The molecule has 80 valence electrons. The first-order valence-electron chi connectivity index (χ1n) is 3.55. The molecule has 13 heavy (non-hydrogen) atoms. The zero-order valence-corrected chi connectivity index (χ0v) is 7.68. The molecule has 0 bridgehead atoms. The molecule has 0 aliphatic rings. The highest BCUT2D eigenvalue weighted by atomic mass is 16.1. The highest BCUT2D eigenvalue weighted by molar-refractivity contribution is 5.86. The van der Waals surface area contributed by atoms with E-state index in [1.54, 1.807) is 6.92 Å². The molecule has 0 spiro atoms. The van der Waals surface area contributed by atoms with Crippen LogP contribution in [0.5, 0.6) is 0 Å². The van der Waals surface area contributed by atoms with Gasteiger partial charge >= 0.3 is 0 Å². The quantitative estimate of drug-likeness (QED) is 0.623. The first kappa shape index (κ1) is 22.7. The van der Waals surface area contributed by atoms with E-state index in [1.165, 1.54) is 13.0 Å². The van der Waals surface area contributed by atoms with Crippen molar-refractivity contribution in [3.63, 3.8) is 0 Å². The third-order valence-corrected chi connectivity index (χ3v) is 1.10. The van der Waals surface area contributed by atoms with Crippen LogP contribution in [0.3, 0.4) is 0 Å². The van der Waals surface area contributed by atoms with Gasteiger partial charge in [-0.3, -0.25) is 9.59 Å². The standard InChI is InChI=1S/C5H10O.C4H6O.2CH4/c1-4(2)5(3)6;1-3-4(2)5;;/h4H,1-3H3;3H,1H2,2H3;2*1H4. The zero-order chi connectivity index (χ0) is 9.44. The Labute approximate surface area is 83.0 Å². The maximum atomic E-state index is 10.1. The summed E-state index contributed by atoms with van der Waals surface area (Å²) < 4.78 is 0. The molecular weight excluding hydrogens is 164 g/mol. The summed E-state index contributed by atoms with van der Waals surface area (Å²) in [6.45, 7) is 10.1. The van der Waals surface area contributed by atoms with Crippen LogP contribution in [0.25, 0.3) is 0 Å². The molecule has 0 aromatic rings. The number of allylic oxidation sites excluding steroid dienone is 1. The van der Waals surface area contributed by atoms with Gasteiger partial charge in [0.1, 0.15) is 5.78 Å². The first-order chi connectivity index (χ1) is 4.91. The van der Waals surface area contributed by atoms with E-state index in [-0.39, 0.29) is 32.3 Å². The number of hydrogen-bond donors (Lipinski definition) is 0. The third kappa shape index (κ3) is 35.4. The molecule has 0 amide bonds. The molecular formula is C11H24O2. The Balaban J connectivity index is -0.0000000546. The molecule has 0 aromatic heterocycles. The fraction of sp³-hybridized carbons (Fsp3) is 0.636. The van der Waals surface area contributed by atoms with Gasteiger partial charge in [0, 0.05) is 5.92 Å². The van der Waals surface area contributed by atoms with Crippen molar-refractivity contribution in [2.45, 2.75) is 42.5 Å². The average molecular weight is 188 g/mol. The largest absolute Gasteiger partial charge is 0.300 e. The summed E-state index contributed by atoms with van der Waals surface area (Å²) in [5, 5.41) is 0. The molecule has 0 radical (unpaired) electrons. The SMILES string of the molecule is C.C.C=CC(C)=O.CC(=O)C(C)C. The van der Waals surface area contributed by atoms with Crippen molar-refractivity contribution in [3.05, 3.63) is 12.7 Å². The van der Waals surface area contributed by atoms with E-state index in [9.17, 15) is 9.59 Å². The monoisotopic (exact) mass is 188 g/mol. The highest BCUT2D eigenvalue weighted by Gasteiger charge is 1.95. The number of ketones is 2. The molecule has 0 unspecified atom stereocenters. The molecule has 2 nitrogen and oxygen atoms in total. The van der Waals surface area contributed by atoms with E-state index in [0.717, 1.165) is 0 Å². The van der Waals surface area contributed by atoms with E-state index in [0.29, 0.717) is 0 Å². The molecule has 0 aliphatic heterocycles.